The van der Waals surface area contributed by atoms with Crippen LogP contribution in [0.25, 0.3) is 0 Å². The SMILES string of the molecule is COc1ccc(CC(=O)NCCC2CCNC2)cc1F.Cl. The molecular formula is C15H22ClFN2O2. The maximum Gasteiger partial charge on any atom is 0.224 e. The normalized spacial score (nSPS) is 17.1. The molecule has 2 rings (SSSR count). The number of ether oxygens (including phenoxy) is 1. The van der Waals surface area contributed by atoms with E-state index in [1.54, 1.807) is 12.1 Å². The number of hydrogen-bond acceptors (Lipinski definition) is 3. The molecule has 0 aliphatic carbocycles. The monoisotopic (exact) mass is 316 g/mol. The lowest BCUT2D eigenvalue weighted by atomic mass is 10.1. The van der Waals surface area contributed by atoms with Crippen LogP contribution in [-0.4, -0.2) is 32.7 Å². The van der Waals surface area contributed by atoms with Gasteiger partial charge in [0.1, 0.15) is 0 Å². The van der Waals surface area contributed by atoms with E-state index in [1.807, 2.05) is 0 Å². The lowest BCUT2D eigenvalue weighted by molar-refractivity contribution is -0.120. The maximum atomic E-state index is 13.5. The third kappa shape index (κ3) is 5.52. The number of carbonyl (C=O) groups excluding carboxylic acids is 1. The summed E-state index contributed by atoms with van der Waals surface area (Å²) in [6.45, 7) is 2.80. The van der Waals surface area contributed by atoms with Gasteiger partial charge in [0, 0.05) is 6.54 Å². The summed E-state index contributed by atoms with van der Waals surface area (Å²) >= 11 is 0. The number of nitrogens with one attached hydrogen (secondary N) is 2. The summed E-state index contributed by atoms with van der Waals surface area (Å²) in [5, 5.41) is 6.19. The fraction of sp³-hybridized carbons (Fsp3) is 0.533. The number of methoxy groups -OCH3 is 1. The van der Waals surface area contributed by atoms with Gasteiger partial charge in [-0.15, -0.1) is 12.4 Å². The Bertz CT molecular complexity index is 465. The average Bonchev–Trinajstić information content (AvgIpc) is 2.92. The van der Waals surface area contributed by atoms with Gasteiger partial charge in [0.05, 0.1) is 13.5 Å². The summed E-state index contributed by atoms with van der Waals surface area (Å²) in [5.41, 5.74) is 0.656. The number of carbonyl (C=O) groups is 1. The van der Waals surface area contributed by atoms with Gasteiger partial charge in [0.25, 0.3) is 0 Å². The zero-order valence-electron chi connectivity index (χ0n) is 12.2. The van der Waals surface area contributed by atoms with E-state index in [2.05, 4.69) is 10.6 Å². The van der Waals surface area contributed by atoms with Crippen molar-refractivity contribution in [2.24, 2.45) is 5.92 Å². The number of benzene rings is 1. The predicted molar refractivity (Wildman–Crippen MR) is 82.5 cm³/mol. The van der Waals surface area contributed by atoms with Crippen LogP contribution in [0.2, 0.25) is 0 Å². The fourth-order valence-corrected chi connectivity index (χ4v) is 2.44. The third-order valence-electron chi connectivity index (χ3n) is 3.62. The number of rotatable bonds is 6. The summed E-state index contributed by atoms with van der Waals surface area (Å²) in [5.74, 6) is 0.354. The fourth-order valence-electron chi connectivity index (χ4n) is 2.44. The molecular weight excluding hydrogens is 295 g/mol. The Labute approximate surface area is 130 Å². The van der Waals surface area contributed by atoms with Crippen molar-refractivity contribution in [3.8, 4) is 5.75 Å². The summed E-state index contributed by atoms with van der Waals surface area (Å²) in [6.07, 6.45) is 2.37. The maximum absolute atomic E-state index is 13.5. The van der Waals surface area contributed by atoms with Gasteiger partial charge in [-0.05, 0) is 49.5 Å². The van der Waals surface area contributed by atoms with E-state index in [4.69, 9.17) is 4.74 Å². The summed E-state index contributed by atoms with van der Waals surface area (Å²) < 4.78 is 18.3. The van der Waals surface area contributed by atoms with Crippen molar-refractivity contribution in [2.75, 3.05) is 26.7 Å². The van der Waals surface area contributed by atoms with Gasteiger partial charge in [-0.25, -0.2) is 4.39 Å². The smallest absolute Gasteiger partial charge is 0.224 e. The molecule has 1 heterocycles. The first-order valence-electron chi connectivity index (χ1n) is 6.99. The quantitative estimate of drug-likeness (QED) is 0.843. The highest BCUT2D eigenvalue weighted by Gasteiger charge is 2.14. The second-order valence-corrected chi connectivity index (χ2v) is 5.14. The van der Waals surface area contributed by atoms with Crippen LogP contribution in [-0.2, 0) is 11.2 Å². The lowest BCUT2D eigenvalue weighted by Crippen LogP contribution is -2.27. The molecule has 1 amide bonds. The second kappa shape index (κ2) is 8.85. The van der Waals surface area contributed by atoms with Gasteiger partial charge in [-0.3, -0.25) is 4.79 Å². The largest absolute Gasteiger partial charge is 0.494 e. The van der Waals surface area contributed by atoms with Gasteiger partial charge < -0.3 is 15.4 Å². The highest BCUT2D eigenvalue weighted by atomic mass is 35.5. The Morgan fingerprint density at radius 3 is 2.95 bits per heavy atom. The summed E-state index contributed by atoms with van der Waals surface area (Å²) in [6, 6.07) is 4.60. The van der Waals surface area contributed by atoms with Crippen LogP contribution >= 0.6 is 12.4 Å². The average molecular weight is 317 g/mol. The van der Waals surface area contributed by atoms with E-state index in [0.717, 1.165) is 19.5 Å². The highest BCUT2D eigenvalue weighted by molar-refractivity contribution is 5.85. The van der Waals surface area contributed by atoms with Crippen molar-refractivity contribution in [1.82, 2.24) is 10.6 Å². The van der Waals surface area contributed by atoms with Crippen LogP contribution in [0.15, 0.2) is 18.2 Å². The molecule has 1 aromatic rings. The molecule has 1 aromatic carbocycles. The van der Waals surface area contributed by atoms with Gasteiger partial charge in [-0.1, -0.05) is 6.07 Å². The number of amides is 1. The van der Waals surface area contributed by atoms with Crippen LogP contribution in [0.4, 0.5) is 4.39 Å². The predicted octanol–water partition coefficient (Wildman–Crippen LogP) is 1.91. The molecule has 6 heteroatoms. The van der Waals surface area contributed by atoms with Crippen molar-refractivity contribution in [3.63, 3.8) is 0 Å². The first-order chi connectivity index (χ1) is 9.69. The van der Waals surface area contributed by atoms with E-state index in [-0.39, 0.29) is 30.5 Å². The zero-order valence-corrected chi connectivity index (χ0v) is 13.0. The van der Waals surface area contributed by atoms with Crippen LogP contribution < -0.4 is 15.4 Å². The second-order valence-electron chi connectivity index (χ2n) is 5.14. The molecule has 0 saturated carbocycles. The minimum Gasteiger partial charge on any atom is -0.494 e. The molecule has 118 valence electrons. The molecule has 21 heavy (non-hydrogen) atoms. The standard InChI is InChI=1S/C15H21FN2O2.ClH/c1-20-14-3-2-12(8-13(14)16)9-15(19)18-7-5-11-4-6-17-10-11;/h2-3,8,11,17H,4-7,9-10H2,1H3,(H,18,19);1H. The van der Waals surface area contributed by atoms with E-state index in [9.17, 15) is 9.18 Å². The van der Waals surface area contributed by atoms with Gasteiger partial charge in [0.2, 0.25) is 5.91 Å². The molecule has 1 aliphatic rings. The van der Waals surface area contributed by atoms with Crippen molar-refractivity contribution in [2.45, 2.75) is 19.3 Å². The van der Waals surface area contributed by atoms with Crippen molar-refractivity contribution in [1.29, 1.82) is 0 Å². The van der Waals surface area contributed by atoms with Gasteiger partial charge in [-0.2, -0.15) is 0 Å². The Morgan fingerprint density at radius 2 is 2.33 bits per heavy atom. The summed E-state index contributed by atoms with van der Waals surface area (Å²) in [7, 11) is 1.42. The molecule has 4 nitrogen and oxygen atoms in total. The van der Waals surface area contributed by atoms with Gasteiger partial charge >= 0.3 is 0 Å². The number of halogens is 2. The van der Waals surface area contributed by atoms with E-state index < -0.39 is 5.82 Å². The minimum absolute atomic E-state index is 0. The zero-order chi connectivity index (χ0) is 14.4. The topological polar surface area (TPSA) is 50.4 Å². The molecule has 1 saturated heterocycles. The van der Waals surface area contributed by atoms with Crippen molar-refractivity contribution >= 4 is 18.3 Å². The molecule has 0 aromatic heterocycles. The molecule has 0 spiro atoms. The molecule has 0 bridgehead atoms. The van der Waals surface area contributed by atoms with E-state index in [1.165, 1.54) is 19.6 Å². The third-order valence-corrected chi connectivity index (χ3v) is 3.62. The Morgan fingerprint density at radius 1 is 1.52 bits per heavy atom. The first-order valence-corrected chi connectivity index (χ1v) is 6.99. The molecule has 1 unspecified atom stereocenters. The Balaban J connectivity index is 0.00000220. The lowest BCUT2D eigenvalue weighted by Gasteiger charge is -2.10. The molecule has 1 aliphatic heterocycles. The number of hydrogen-bond donors (Lipinski definition) is 2. The molecule has 1 atom stereocenters. The van der Waals surface area contributed by atoms with Crippen molar-refractivity contribution in [3.05, 3.63) is 29.6 Å². The van der Waals surface area contributed by atoms with Crippen LogP contribution in [0, 0.1) is 11.7 Å². The Kier molecular flexibility index (Phi) is 7.47. The van der Waals surface area contributed by atoms with Crippen LogP contribution in [0.3, 0.4) is 0 Å². The Hall–Kier alpha value is -1.33. The van der Waals surface area contributed by atoms with Gasteiger partial charge in [0.15, 0.2) is 11.6 Å². The molecule has 2 N–H and O–H groups in total. The van der Waals surface area contributed by atoms with Crippen molar-refractivity contribution < 1.29 is 13.9 Å². The van der Waals surface area contributed by atoms with Crippen LogP contribution in [0.1, 0.15) is 18.4 Å². The van der Waals surface area contributed by atoms with E-state index >= 15 is 0 Å². The molecule has 1 fully saturated rings. The minimum atomic E-state index is -0.435. The van der Waals surface area contributed by atoms with Crippen LogP contribution in [0.5, 0.6) is 5.75 Å². The highest BCUT2D eigenvalue weighted by Crippen LogP contribution is 2.18. The molecule has 0 radical (unpaired) electrons. The van der Waals surface area contributed by atoms with E-state index in [0.29, 0.717) is 18.0 Å². The summed E-state index contributed by atoms with van der Waals surface area (Å²) in [4.78, 5) is 11.8. The first kappa shape index (κ1) is 17.7.